The molecule has 1 saturated heterocycles. The minimum atomic E-state index is -0.136. The number of hydrogen-bond acceptors (Lipinski definition) is 4. The largest absolute Gasteiger partial charge is 0.392 e. The summed E-state index contributed by atoms with van der Waals surface area (Å²) in [5.74, 6) is 0. The van der Waals surface area contributed by atoms with Gasteiger partial charge in [0.25, 0.3) is 0 Å². The van der Waals surface area contributed by atoms with Crippen LogP contribution in [-0.2, 0) is 13.1 Å². The number of rotatable bonds is 7. The molecule has 20 heavy (non-hydrogen) atoms. The van der Waals surface area contributed by atoms with Gasteiger partial charge in [-0.25, -0.2) is 0 Å². The molecule has 1 fully saturated rings. The van der Waals surface area contributed by atoms with Crippen LogP contribution in [0.4, 0.5) is 0 Å². The highest BCUT2D eigenvalue weighted by molar-refractivity contribution is 5.15. The van der Waals surface area contributed by atoms with Crippen LogP contribution in [0.3, 0.4) is 0 Å². The van der Waals surface area contributed by atoms with Gasteiger partial charge >= 0.3 is 0 Å². The van der Waals surface area contributed by atoms with E-state index in [2.05, 4.69) is 28.1 Å². The number of aliphatic hydroxyl groups excluding tert-OH is 1. The van der Waals surface area contributed by atoms with Crippen LogP contribution in [0.15, 0.2) is 18.9 Å². The van der Waals surface area contributed by atoms with E-state index in [1.165, 1.54) is 5.56 Å². The molecule has 0 unspecified atom stereocenters. The van der Waals surface area contributed by atoms with Crippen LogP contribution < -0.4 is 5.32 Å². The Hall–Kier alpha value is -1.17. The second-order valence-electron chi connectivity index (χ2n) is 5.52. The van der Waals surface area contributed by atoms with Gasteiger partial charge < -0.3 is 10.4 Å². The molecular formula is C15H26N4O. The van der Waals surface area contributed by atoms with Crippen molar-refractivity contribution in [2.45, 2.75) is 39.0 Å². The minimum absolute atomic E-state index is 0.136. The maximum atomic E-state index is 9.62. The Labute approximate surface area is 121 Å². The first kappa shape index (κ1) is 15.2. The summed E-state index contributed by atoms with van der Waals surface area (Å²) < 4.78 is 1.92. The summed E-state index contributed by atoms with van der Waals surface area (Å²) in [7, 11) is 0. The standard InChI is InChI=1S/C15H26N4O/c1-3-7-19-11-14(13(2)17-19)10-16-6-9-18-8-4-5-15(20)12-18/h3,11,15-16,20H,1,4-10,12H2,2H3/t15-/m0/s1. The minimum Gasteiger partial charge on any atom is -0.392 e. The molecule has 0 bridgehead atoms. The molecule has 1 aliphatic rings. The van der Waals surface area contributed by atoms with Gasteiger partial charge in [0.05, 0.1) is 18.3 Å². The summed E-state index contributed by atoms with van der Waals surface area (Å²) in [5.41, 5.74) is 2.32. The van der Waals surface area contributed by atoms with Crippen LogP contribution in [0.25, 0.3) is 0 Å². The lowest BCUT2D eigenvalue weighted by atomic mass is 10.1. The number of aryl methyl sites for hydroxylation is 1. The first-order valence-electron chi connectivity index (χ1n) is 7.44. The Morgan fingerprint density at radius 3 is 3.20 bits per heavy atom. The van der Waals surface area contributed by atoms with Gasteiger partial charge in [-0.15, -0.1) is 6.58 Å². The Kier molecular flexibility index (Phi) is 5.76. The van der Waals surface area contributed by atoms with Crippen LogP contribution >= 0.6 is 0 Å². The van der Waals surface area contributed by atoms with E-state index in [1.54, 1.807) is 0 Å². The van der Waals surface area contributed by atoms with Crippen molar-refractivity contribution in [3.05, 3.63) is 30.1 Å². The molecule has 2 N–H and O–H groups in total. The zero-order valence-corrected chi connectivity index (χ0v) is 12.4. The van der Waals surface area contributed by atoms with E-state index < -0.39 is 0 Å². The molecule has 2 rings (SSSR count). The normalized spacial score (nSPS) is 20.2. The molecule has 0 aliphatic carbocycles. The fourth-order valence-electron chi connectivity index (χ4n) is 2.65. The zero-order chi connectivity index (χ0) is 14.4. The Morgan fingerprint density at radius 2 is 2.45 bits per heavy atom. The molecule has 1 atom stereocenters. The molecule has 0 saturated carbocycles. The van der Waals surface area contributed by atoms with E-state index in [-0.39, 0.29) is 6.10 Å². The van der Waals surface area contributed by atoms with Gasteiger partial charge in [-0.2, -0.15) is 5.10 Å². The molecule has 5 nitrogen and oxygen atoms in total. The predicted molar refractivity (Wildman–Crippen MR) is 80.5 cm³/mol. The first-order valence-corrected chi connectivity index (χ1v) is 7.44. The van der Waals surface area contributed by atoms with E-state index in [9.17, 15) is 5.11 Å². The summed E-state index contributed by atoms with van der Waals surface area (Å²) in [6.45, 7) is 11.2. The van der Waals surface area contributed by atoms with Crippen molar-refractivity contribution in [2.24, 2.45) is 0 Å². The third kappa shape index (κ3) is 4.44. The average molecular weight is 278 g/mol. The van der Waals surface area contributed by atoms with Gasteiger partial charge in [-0.05, 0) is 26.3 Å². The van der Waals surface area contributed by atoms with Gasteiger partial charge in [0.2, 0.25) is 0 Å². The summed E-state index contributed by atoms with van der Waals surface area (Å²) in [4.78, 5) is 2.33. The Morgan fingerprint density at radius 1 is 1.60 bits per heavy atom. The molecule has 0 aromatic carbocycles. The number of allylic oxidation sites excluding steroid dienone is 1. The number of hydrogen-bond donors (Lipinski definition) is 2. The van der Waals surface area contributed by atoms with E-state index in [0.717, 1.165) is 57.8 Å². The van der Waals surface area contributed by atoms with Crippen molar-refractivity contribution in [3.63, 3.8) is 0 Å². The van der Waals surface area contributed by atoms with Gasteiger partial charge in [0.1, 0.15) is 0 Å². The van der Waals surface area contributed by atoms with Crippen LogP contribution in [0, 0.1) is 6.92 Å². The zero-order valence-electron chi connectivity index (χ0n) is 12.4. The lowest BCUT2D eigenvalue weighted by Gasteiger charge is -2.29. The topological polar surface area (TPSA) is 53.3 Å². The van der Waals surface area contributed by atoms with Gasteiger partial charge in [0, 0.05) is 37.9 Å². The monoisotopic (exact) mass is 278 g/mol. The number of piperidine rings is 1. The number of nitrogens with zero attached hydrogens (tertiary/aromatic N) is 3. The number of β-amino-alcohol motifs (C(OH)–C–C–N with tert-alkyl or cyclic N) is 1. The van der Waals surface area contributed by atoms with Crippen molar-refractivity contribution in [1.29, 1.82) is 0 Å². The number of aromatic nitrogens is 2. The molecule has 5 heteroatoms. The maximum absolute atomic E-state index is 9.62. The lowest BCUT2D eigenvalue weighted by molar-refractivity contribution is 0.0712. The Balaban J connectivity index is 1.69. The molecule has 1 aromatic heterocycles. The molecule has 2 heterocycles. The van der Waals surface area contributed by atoms with Crippen molar-refractivity contribution < 1.29 is 5.11 Å². The second kappa shape index (κ2) is 7.57. The fraction of sp³-hybridized carbons (Fsp3) is 0.667. The van der Waals surface area contributed by atoms with Crippen molar-refractivity contribution in [3.8, 4) is 0 Å². The fourth-order valence-corrected chi connectivity index (χ4v) is 2.65. The van der Waals surface area contributed by atoms with Crippen molar-refractivity contribution in [1.82, 2.24) is 20.0 Å². The number of likely N-dealkylation sites (tertiary alicyclic amines) is 1. The number of aliphatic hydroxyl groups is 1. The van der Waals surface area contributed by atoms with Crippen molar-refractivity contribution >= 4 is 0 Å². The van der Waals surface area contributed by atoms with Gasteiger partial charge in [0.15, 0.2) is 0 Å². The molecule has 1 aromatic rings. The molecular weight excluding hydrogens is 252 g/mol. The quantitative estimate of drug-likeness (QED) is 0.575. The SMILES string of the molecule is C=CCn1cc(CNCCN2CCC[C@H](O)C2)c(C)n1. The average Bonchev–Trinajstić information content (AvgIpc) is 2.76. The van der Waals surface area contributed by atoms with E-state index in [1.807, 2.05) is 17.7 Å². The molecule has 0 radical (unpaired) electrons. The number of nitrogens with one attached hydrogen (secondary N) is 1. The highest BCUT2D eigenvalue weighted by Crippen LogP contribution is 2.09. The highest BCUT2D eigenvalue weighted by atomic mass is 16.3. The van der Waals surface area contributed by atoms with Gasteiger partial charge in [-0.1, -0.05) is 6.08 Å². The predicted octanol–water partition coefficient (Wildman–Crippen LogP) is 0.924. The van der Waals surface area contributed by atoms with Crippen LogP contribution in [0.1, 0.15) is 24.1 Å². The van der Waals surface area contributed by atoms with E-state index in [4.69, 9.17) is 0 Å². The van der Waals surface area contributed by atoms with Crippen LogP contribution in [-0.4, -0.2) is 52.1 Å². The van der Waals surface area contributed by atoms with E-state index in [0.29, 0.717) is 0 Å². The smallest absolute Gasteiger partial charge is 0.0667 e. The van der Waals surface area contributed by atoms with Crippen LogP contribution in [0.5, 0.6) is 0 Å². The van der Waals surface area contributed by atoms with Gasteiger partial charge in [-0.3, -0.25) is 9.58 Å². The molecule has 0 amide bonds. The second-order valence-corrected chi connectivity index (χ2v) is 5.52. The molecule has 112 valence electrons. The summed E-state index contributed by atoms with van der Waals surface area (Å²) >= 11 is 0. The summed E-state index contributed by atoms with van der Waals surface area (Å²) in [5, 5.41) is 17.5. The maximum Gasteiger partial charge on any atom is 0.0667 e. The third-order valence-corrected chi connectivity index (χ3v) is 3.77. The van der Waals surface area contributed by atoms with E-state index >= 15 is 0 Å². The summed E-state index contributed by atoms with van der Waals surface area (Å²) in [6.07, 6.45) is 5.85. The summed E-state index contributed by atoms with van der Waals surface area (Å²) in [6, 6.07) is 0. The molecule has 0 spiro atoms. The van der Waals surface area contributed by atoms with Crippen molar-refractivity contribution in [2.75, 3.05) is 26.2 Å². The Bertz CT molecular complexity index is 430. The molecule has 1 aliphatic heterocycles. The van der Waals surface area contributed by atoms with Crippen LogP contribution in [0.2, 0.25) is 0 Å². The lowest BCUT2D eigenvalue weighted by Crippen LogP contribution is -2.41. The first-order chi connectivity index (χ1) is 9.69. The third-order valence-electron chi connectivity index (χ3n) is 3.77. The highest BCUT2D eigenvalue weighted by Gasteiger charge is 2.16.